The minimum Gasteiger partial charge on any atom is -0.497 e. The Balaban J connectivity index is 1.82. The van der Waals surface area contributed by atoms with E-state index in [0.29, 0.717) is 31.7 Å². The van der Waals surface area contributed by atoms with Crippen LogP contribution in [0.4, 0.5) is 23.3 Å². The van der Waals surface area contributed by atoms with Crippen molar-refractivity contribution >= 4 is 23.3 Å². The second kappa shape index (κ2) is 8.09. The van der Waals surface area contributed by atoms with Gasteiger partial charge in [0.15, 0.2) is 11.6 Å². The maximum atomic E-state index is 9.06. The minimum absolute atomic E-state index is 0.0290. The number of fused-ring (bicyclic) bond motifs is 1. The summed E-state index contributed by atoms with van der Waals surface area (Å²) in [6, 6.07) is 8.24. The van der Waals surface area contributed by atoms with Crippen molar-refractivity contribution in [3.63, 3.8) is 0 Å². The lowest BCUT2D eigenvalue weighted by Gasteiger charge is -2.22. The van der Waals surface area contributed by atoms with E-state index in [-0.39, 0.29) is 6.61 Å². The topological polar surface area (TPSA) is 94.6 Å². The van der Waals surface area contributed by atoms with Crippen LogP contribution in [0.3, 0.4) is 0 Å². The normalized spacial score (nSPS) is 12.7. The van der Waals surface area contributed by atoms with Crippen molar-refractivity contribution in [2.24, 2.45) is 0 Å². The summed E-state index contributed by atoms with van der Waals surface area (Å²) in [7, 11) is 1.66. The summed E-state index contributed by atoms with van der Waals surface area (Å²) in [5.74, 6) is 2.95. The van der Waals surface area contributed by atoms with E-state index in [4.69, 9.17) is 9.84 Å². The van der Waals surface area contributed by atoms with Gasteiger partial charge in [0.1, 0.15) is 11.4 Å². The molecule has 4 N–H and O–H groups in total. The fraction of sp³-hybridized carbons (Fsp3) is 0.444. The molecule has 1 aromatic carbocycles. The average Bonchev–Trinajstić information content (AvgIpc) is 3.09. The second-order valence-electron chi connectivity index (χ2n) is 6.34. The molecule has 0 radical (unpaired) electrons. The summed E-state index contributed by atoms with van der Waals surface area (Å²) >= 11 is 0. The van der Waals surface area contributed by atoms with Gasteiger partial charge >= 0.3 is 0 Å². The van der Waals surface area contributed by atoms with Gasteiger partial charge in [0.25, 0.3) is 0 Å². The van der Waals surface area contributed by atoms with Crippen molar-refractivity contribution < 1.29 is 9.84 Å². The lowest BCUT2D eigenvalue weighted by atomic mass is 10.2. The lowest BCUT2D eigenvalue weighted by molar-refractivity contribution is 0.311. The van der Waals surface area contributed by atoms with Gasteiger partial charge in [-0.2, -0.15) is 9.97 Å². The van der Waals surface area contributed by atoms with E-state index in [1.54, 1.807) is 7.11 Å². The van der Waals surface area contributed by atoms with Gasteiger partial charge in [-0.05, 0) is 31.5 Å². The van der Waals surface area contributed by atoms with Crippen molar-refractivity contribution in [1.29, 1.82) is 0 Å². The first kappa shape index (κ1) is 18.1. The van der Waals surface area contributed by atoms with Crippen LogP contribution in [0.25, 0.3) is 0 Å². The molecule has 0 atom stereocenters. The predicted octanol–water partition coefficient (Wildman–Crippen LogP) is 2.10. The molecule has 3 rings (SSSR count). The first-order valence-corrected chi connectivity index (χ1v) is 8.76. The van der Waals surface area contributed by atoms with E-state index >= 15 is 0 Å². The quantitative estimate of drug-likeness (QED) is 0.570. The van der Waals surface area contributed by atoms with Crippen LogP contribution < -0.4 is 25.6 Å². The van der Waals surface area contributed by atoms with Crippen molar-refractivity contribution in [3.05, 3.63) is 29.8 Å². The zero-order chi connectivity index (χ0) is 18.5. The van der Waals surface area contributed by atoms with Gasteiger partial charge in [0.2, 0.25) is 5.95 Å². The van der Waals surface area contributed by atoms with E-state index in [0.717, 1.165) is 28.6 Å². The highest BCUT2D eigenvalue weighted by Crippen LogP contribution is 2.37. The van der Waals surface area contributed by atoms with Crippen LogP contribution in [-0.2, 0) is 6.54 Å². The van der Waals surface area contributed by atoms with Gasteiger partial charge in [-0.3, -0.25) is 0 Å². The molecule has 0 bridgehead atoms. The third-order valence-electron chi connectivity index (χ3n) is 4.23. The van der Waals surface area contributed by atoms with Crippen LogP contribution in [0.1, 0.15) is 19.4 Å². The SMILES string of the molecule is COc1ccc(CNc2nc(NCCO)nc3c2NCN3C(C)C)cc1. The molecule has 0 fully saturated rings. The van der Waals surface area contributed by atoms with Crippen LogP contribution in [0, 0.1) is 0 Å². The van der Waals surface area contributed by atoms with Crippen molar-refractivity contribution in [3.8, 4) is 5.75 Å². The number of methoxy groups -OCH3 is 1. The van der Waals surface area contributed by atoms with Gasteiger partial charge in [-0.15, -0.1) is 0 Å². The van der Waals surface area contributed by atoms with Crippen molar-refractivity contribution in [2.45, 2.75) is 26.4 Å². The smallest absolute Gasteiger partial charge is 0.226 e. The van der Waals surface area contributed by atoms with E-state index < -0.39 is 0 Å². The van der Waals surface area contributed by atoms with Crippen molar-refractivity contribution in [2.75, 3.05) is 47.8 Å². The largest absolute Gasteiger partial charge is 0.497 e. The van der Waals surface area contributed by atoms with Crippen LogP contribution in [0.5, 0.6) is 5.75 Å². The number of ether oxygens (including phenoxy) is 1. The van der Waals surface area contributed by atoms with Crippen LogP contribution >= 0.6 is 0 Å². The van der Waals surface area contributed by atoms with Gasteiger partial charge in [-0.25, -0.2) is 0 Å². The molecule has 0 amide bonds. The van der Waals surface area contributed by atoms with Gasteiger partial charge < -0.3 is 30.7 Å². The zero-order valence-electron chi connectivity index (χ0n) is 15.4. The third kappa shape index (κ3) is 3.91. The number of benzene rings is 1. The Kier molecular flexibility index (Phi) is 5.62. The monoisotopic (exact) mass is 358 g/mol. The minimum atomic E-state index is 0.0290. The molecule has 1 aliphatic heterocycles. The number of hydrogen-bond acceptors (Lipinski definition) is 8. The highest BCUT2D eigenvalue weighted by molar-refractivity contribution is 5.83. The summed E-state index contributed by atoms with van der Waals surface area (Å²) < 4.78 is 5.19. The lowest BCUT2D eigenvalue weighted by Crippen LogP contribution is -2.30. The van der Waals surface area contributed by atoms with Gasteiger partial charge in [0, 0.05) is 19.1 Å². The fourth-order valence-electron chi connectivity index (χ4n) is 2.79. The molecule has 0 saturated carbocycles. The number of aliphatic hydroxyl groups is 1. The standard InChI is InChI=1S/C18H26N6O2/c1-12(2)24-11-21-15-16(22-18(19-8-9-25)23-17(15)24)20-10-13-4-6-14(26-3)7-5-13/h4-7,12,21,25H,8-11H2,1-3H3,(H2,19,20,22,23). The molecule has 26 heavy (non-hydrogen) atoms. The summed E-state index contributed by atoms with van der Waals surface area (Å²) in [5.41, 5.74) is 2.03. The van der Waals surface area contributed by atoms with E-state index in [1.807, 2.05) is 24.3 Å². The van der Waals surface area contributed by atoms with Gasteiger partial charge in [-0.1, -0.05) is 12.1 Å². The van der Waals surface area contributed by atoms with E-state index in [9.17, 15) is 0 Å². The molecule has 0 aliphatic carbocycles. The number of nitrogens with zero attached hydrogens (tertiary/aromatic N) is 3. The molecule has 140 valence electrons. The molecule has 0 spiro atoms. The van der Waals surface area contributed by atoms with E-state index in [1.165, 1.54) is 0 Å². The second-order valence-corrected chi connectivity index (χ2v) is 6.34. The number of rotatable bonds is 8. The zero-order valence-corrected chi connectivity index (χ0v) is 15.4. The van der Waals surface area contributed by atoms with Gasteiger partial charge in [0.05, 0.1) is 20.4 Å². The Morgan fingerprint density at radius 2 is 2.00 bits per heavy atom. The molecule has 1 aliphatic rings. The molecule has 0 saturated heterocycles. The van der Waals surface area contributed by atoms with Crippen LogP contribution in [0.2, 0.25) is 0 Å². The summed E-state index contributed by atoms with van der Waals surface area (Å²) in [4.78, 5) is 11.4. The highest BCUT2D eigenvalue weighted by atomic mass is 16.5. The van der Waals surface area contributed by atoms with E-state index in [2.05, 4.69) is 44.7 Å². The van der Waals surface area contributed by atoms with Crippen molar-refractivity contribution in [1.82, 2.24) is 9.97 Å². The predicted molar refractivity (Wildman–Crippen MR) is 104 cm³/mol. The number of nitrogens with one attached hydrogen (secondary N) is 3. The van der Waals surface area contributed by atoms with Crippen LogP contribution in [-0.4, -0.2) is 48.0 Å². The molecule has 8 nitrogen and oxygen atoms in total. The Labute approximate surface area is 153 Å². The molecular weight excluding hydrogens is 332 g/mol. The Morgan fingerprint density at radius 3 is 2.65 bits per heavy atom. The average molecular weight is 358 g/mol. The number of aliphatic hydroxyl groups excluding tert-OH is 1. The first-order chi connectivity index (χ1) is 12.6. The molecular formula is C18H26N6O2. The number of hydrogen-bond donors (Lipinski definition) is 4. The summed E-state index contributed by atoms with van der Waals surface area (Å²) in [5, 5.41) is 18.9. The maximum absolute atomic E-state index is 9.06. The summed E-state index contributed by atoms with van der Waals surface area (Å²) in [6.45, 7) is 6.03. The Hall–Kier alpha value is -2.74. The Morgan fingerprint density at radius 1 is 1.23 bits per heavy atom. The molecule has 8 heteroatoms. The third-order valence-corrected chi connectivity index (χ3v) is 4.23. The summed E-state index contributed by atoms with van der Waals surface area (Å²) in [6.07, 6.45) is 0. The van der Waals surface area contributed by atoms with Crippen LogP contribution in [0.15, 0.2) is 24.3 Å². The maximum Gasteiger partial charge on any atom is 0.226 e. The molecule has 1 aromatic heterocycles. The molecule has 0 unspecified atom stereocenters. The first-order valence-electron chi connectivity index (χ1n) is 8.76. The number of aromatic nitrogens is 2. The molecule has 2 heterocycles. The Bertz CT molecular complexity index is 735. The number of anilines is 4. The fourth-order valence-corrected chi connectivity index (χ4v) is 2.79. The highest BCUT2D eigenvalue weighted by Gasteiger charge is 2.27. The molecule has 2 aromatic rings.